The zero-order valence-corrected chi connectivity index (χ0v) is 5.22. The van der Waals surface area contributed by atoms with E-state index in [0.29, 0.717) is 0 Å². The van der Waals surface area contributed by atoms with Crippen molar-refractivity contribution in [3.63, 3.8) is 0 Å². The Hall–Kier alpha value is 0.483. The van der Waals surface area contributed by atoms with Crippen molar-refractivity contribution in [1.82, 2.24) is 0 Å². The molecule has 0 unspecified atom stereocenters. The van der Waals surface area contributed by atoms with Gasteiger partial charge in [-0.25, -0.2) is 0 Å². The second kappa shape index (κ2) is 9.08. The summed E-state index contributed by atoms with van der Waals surface area (Å²) in [6.07, 6.45) is 0. The minimum atomic E-state index is -0.833. The van der Waals surface area contributed by atoms with Crippen LogP contribution in [0.2, 0.25) is 0 Å². The molecule has 4 heteroatoms. The first-order valence-electron chi connectivity index (χ1n) is 0.928. The van der Waals surface area contributed by atoms with Crippen LogP contribution in [0.3, 0.4) is 0 Å². The summed E-state index contributed by atoms with van der Waals surface area (Å²) in [5.74, 6) is -0.833. The van der Waals surface area contributed by atoms with Crippen LogP contribution in [0.15, 0.2) is 0 Å². The van der Waals surface area contributed by atoms with Crippen molar-refractivity contribution < 1.29 is 43.5 Å². The van der Waals surface area contributed by atoms with Gasteiger partial charge >= 0.3 is 0 Å². The van der Waals surface area contributed by atoms with Gasteiger partial charge in [-0.05, 0) is 0 Å². The number of carbonyl (C=O) groups is 1. The number of hydrogen-bond acceptors (Lipinski definition) is 1. The predicted octanol–water partition coefficient (Wildman–Crippen LogP) is 0.0859. The molecule has 0 saturated heterocycles. The van der Waals surface area contributed by atoms with Crippen molar-refractivity contribution >= 4 is 5.97 Å². The Kier molecular flexibility index (Phi) is 24.3. The van der Waals surface area contributed by atoms with Gasteiger partial charge in [0.2, 0.25) is 0 Å². The molecule has 0 aromatic carbocycles. The first kappa shape index (κ1) is 16.1. The first-order valence-corrected chi connectivity index (χ1v) is 0.928. The maximum absolute atomic E-state index is 9.00. The van der Waals surface area contributed by atoms with Gasteiger partial charge in [0.1, 0.15) is 0 Å². The minimum Gasteiger partial charge on any atom is -0.481 e. The van der Waals surface area contributed by atoms with Crippen LogP contribution >= 0.6 is 0 Å². The third-order valence-electron chi connectivity index (χ3n) is 0. The molecule has 0 rings (SSSR count). The van der Waals surface area contributed by atoms with E-state index in [2.05, 4.69) is 0 Å². The quantitative estimate of drug-likeness (QED) is 0.528. The summed E-state index contributed by atoms with van der Waals surface area (Å²) in [7, 11) is 0. The van der Waals surface area contributed by atoms with Gasteiger partial charge in [0.15, 0.2) is 0 Å². The summed E-state index contributed by atoms with van der Waals surface area (Å²) in [6, 6.07) is 0. The molecule has 0 fully saturated rings. The van der Waals surface area contributed by atoms with E-state index >= 15 is 0 Å². The number of carboxylic acids is 1. The van der Waals surface area contributed by atoms with E-state index in [0.717, 1.165) is 6.92 Å². The fourth-order valence-corrected chi connectivity index (χ4v) is 0. The summed E-state index contributed by atoms with van der Waals surface area (Å²) in [6.45, 7) is 1.08. The average molecular weight is 174 g/mol. The number of hydrogen-bond donors (Lipinski definition) is 1. The van der Waals surface area contributed by atoms with Crippen LogP contribution in [-0.4, -0.2) is 11.1 Å². The Morgan fingerprint density at radius 3 is 1.67 bits per heavy atom. The van der Waals surface area contributed by atoms with Gasteiger partial charge in [-0.2, -0.15) is 0 Å². The van der Waals surface area contributed by atoms with Crippen LogP contribution in [0, 0.1) is 0 Å². The molecule has 0 bridgehead atoms. The third-order valence-corrected chi connectivity index (χ3v) is 0. The molecule has 0 saturated carbocycles. The zero-order chi connectivity index (χ0) is 3.58. The van der Waals surface area contributed by atoms with Gasteiger partial charge in [0, 0.05) is 40.5 Å². The van der Waals surface area contributed by atoms with Crippen LogP contribution in [0.1, 0.15) is 6.92 Å². The van der Waals surface area contributed by atoms with Gasteiger partial charge in [0.25, 0.3) is 5.97 Å². The predicted molar refractivity (Wildman–Crippen MR) is 13.3 cm³/mol. The minimum absolute atomic E-state index is 0. The van der Waals surface area contributed by atoms with Crippen LogP contribution in [0.25, 0.3) is 0 Å². The second-order valence-corrected chi connectivity index (χ2v) is 0.519. The molecule has 6 heavy (non-hydrogen) atoms. The molecule has 2 nitrogen and oxygen atoms in total. The van der Waals surface area contributed by atoms with Crippen LogP contribution in [0.4, 0.5) is 0 Å². The molecule has 0 aromatic rings. The third kappa shape index (κ3) is 233. The molecule has 0 heterocycles. The van der Waals surface area contributed by atoms with E-state index < -0.39 is 5.97 Å². The van der Waals surface area contributed by atoms with Gasteiger partial charge in [0.05, 0.1) is 0 Å². The standard InChI is InChI=1S/C2H4O2.Mn.Ni/c1-2(3)4;;/h1H3,(H,3,4);;. The molecule has 0 spiro atoms. The van der Waals surface area contributed by atoms with Gasteiger partial charge in [-0.15, -0.1) is 0 Å². The molecule has 41 valence electrons. The van der Waals surface area contributed by atoms with E-state index in [1.807, 2.05) is 0 Å². The summed E-state index contributed by atoms with van der Waals surface area (Å²) < 4.78 is 0. The fraction of sp³-hybridized carbons (Fsp3) is 0.500. The molecular weight excluding hydrogens is 170 g/mol. The smallest absolute Gasteiger partial charge is 0.300 e. The van der Waals surface area contributed by atoms with Crippen molar-refractivity contribution in [3.8, 4) is 0 Å². The summed E-state index contributed by atoms with van der Waals surface area (Å²) in [5.41, 5.74) is 0. The Balaban J connectivity index is -0.0000000450. The molecule has 0 atom stereocenters. The SMILES string of the molecule is CC(=O)O.[Mn].[Ni]. The van der Waals surface area contributed by atoms with E-state index in [1.165, 1.54) is 0 Å². The van der Waals surface area contributed by atoms with E-state index in [4.69, 9.17) is 9.90 Å². The van der Waals surface area contributed by atoms with Gasteiger partial charge < -0.3 is 5.11 Å². The molecule has 0 aliphatic rings. The average Bonchev–Trinajstić information content (AvgIpc) is 0.811. The second-order valence-electron chi connectivity index (χ2n) is 0.519. The van der Waals surface area contributed by atoms with E-state index in [9.17, 15) is 0 Å². The monoisotopic (exact) mass is 173 g/mol. The van der Waals surface area contributed by atoms with Crippen molar-refractivity contribution in [3.05, 3.63) is 0 Å². The zero-order valence-electron chi connectivity index (χ0n) is 3.05. The fourth-order valence-electron chi connectivity index (χ4n) is 0. The number of aliphatic carboxylic acids is 1. The topological polar surface area (TPSA) is 37.3 Å². The van der Waals surface area contributed by atoms with Crippen molar-refractivity contribution in [2.75, 3.05) is 0 Å². The van der Waals surface area contributed by atoms with Crippen molar-refractivity contribution in [1.29, 1.82) is 0 Å². The molecule has 1 N–H and O–H groups in total. The summed E-state index contributed by atoms with van der Waals surface area (Å²) in [5, 5.41) is 7.42. The van der Waals surface area contributed by atoms with E-state index in [1.54, 1.807) is 0 Å². The first-order chi connectivity index (χ1) is 1.73. The Morgan fingerprint density at radius 2 is 1.67 bits per heavy atom. The Morgan fingerprint density at radius 1 is 1.67 bits per heavy atom. The number of rotatable bonds is 0. The summed E-state index contributed by atoms with van der Waals surface area (Å²) >= 11 is 0. The largest absolute Gasteiger partial charge is 0.481 e. The van der Waals surface area contributed by atoms with Gasteiger partial charge in [-0.1, -0.05) is 0 Å². The van der Waals surface area contributed by atoms with Gasteiger partial charge in [-0.3, -0.25) is 4.79 Å². The van der Waals surface area contributed by atoms with Crippen LogP contribution < -0.4 is 0 Å². The van der Waals surface area contributed by atoms with Crippen LogP contribution in [0.5, 0.6) is 0 Å². The normalized spacial score (nSPS) is 4.17. The summed E-state index contributed by atoms with van der Waals surface area (Å²) in [4.78, 5) is 9.00. The van der Waals surface area contributed by atoms with Crippen molar-refractivity contribution in [2.24, 2.45) is 0 Å². The maximum atomic E-state index is 9.00. The maximum Gasteiger partial charge on any atom is 0.300 e. The van der Waals surface area contributed by atoms with E-state index in [-0.39, 0.29) is 33.6 Å². The molecule has 0 amide bonds. The van der Waals surface area contributed by atoms with Crippen molar-refractivity contribution in [2.45, 2.75) is 6.92 Å². The molecule has 0 aliphatic carbocycles. The molecule has 0 aliphatic heterocycles. The molecule has 0 aromatic heterocycles. The Labute approximate surface area is 56.7 Å². The van der Waals surface area contributed by atoms with Crippen LogP contribution in [-0.2, 0) is 38.4 Å². The Bertz CT molecular complexity index is 34.5. The number of carboxylic acid groups (broad SMARTS) is 1. The molecular formula is C2H4MnNiO2. The molecule has 1 radical (unpaired) electrons.